The summed E-state index contributed by atoms with van der Waals surface area (Å²) in [4.78, 5) is 11.0. The first kappa shape index (κ1) is 12.3. The van der Waals surface area contributed by atoms with Gasteiger partial charge in [0.2, 0.25) is 5.82 Å². The number of phenols is 2. The number of benzene rings is 1. The van der Waals surface area contributed by atoms with Gasteiger partial charge in [0.15, 0.2) is 11.5 Å². The second kappa shape index (κ2) is 4.38. The molecule has 3 N–H and O–H groups in total. The van der Waals surface area contributed by atoms with Crippen molar-refractivity contribution in [2.45, 2.75) is 19.8 Å². The van der Waals surface area contributed by atoms with E-state index in [1.165, 1.54) is 6.07 Å². The van der Waals surface area contributed by atoms with Crippen LogP contribution in [0.25, 0.3) is 0 Å². The van der Waals surface area contributed by atoms with Crippen molar-refractivity contribution in [1.29, 1.82) is 0 Å². The van der Waals surface area contributed by atoms with E-state index < -0.39 is 29.2 Å². The molecule has 0 amide bonds. The van der Waals surface area contributed by atoms with Crippen molar-refractivity contribution in [3.63, 3.8) is 0 Å². The van der Waals surface area contributed by atoms with Crippen molar-refractivity contribution in [2.24, 2.45) is 5.92 Å². The zero-order valence-electron chi connectivity index (χ0n) is 8.94. The van der Waals surface area contributed by atoms with Gasteiger partial charge in [0.25, 0.3) is 0 Å². The molecule has 0 aliphatic carbocycles. The SMILES string of the molecule is CC(C)C(C(=O)O)c1ccc(O)c(F)c1O. The van der Waals surface area contributed by atoms with E-state index in [9.17, 15) is 14.3 Å². The van der Waals surface area contributed by atoms with E-state index in [4.69, 9.17) is 10.2 Å². The highest BCUT2D eigenvalue weighted by molar-refractivity contribution is 5.77. The monoisotopic (exact) mass is 228 g/mol. The minimum absolute atomic E-state index is 0.0298. The van der Waals surface area contributed by atoms with Gasteiger partial charge in [-0.05, 0) is 12.0 Å². The molecule has 0 bridgehead atoms. The first-order valence-electron chi connectivity index (χ1n) is 4.79. The molecule has 0 saturated carbocycles. The number of carboxylic acids is 1. The second-order valence-electron chi connectivity index (χ2n) is 3.90. The van der Waals surface area contributed by atoms with Crippen molar-refractivity contribution >= 4 is 5.97 Å². The zero-order chi connectivity index (χ0) is 12.5. The Labute approximate surface area is 92.0 Å². The Hall–Kier alpha value is -1.78. The number of aliphatic carboxylic acids is 1. The third kappa shape index (κ3) is 2.08. The number of carbonyl (C=O) groups is 1. The van der Waals surface area contributed by atoms with Crippen LogP contribution in [0.4, 0.5) is 4.39 Å². The molecule has 1 rings (SSSR count). The molecular weight excluding hydrogens is 215 g/mol. The van der Waals surface area contributed by atoms with Gasteiger partial charge in [0, 0.05) is 5.56 Å². The van der Waals surface area contributed by atoms with Crippen LogP contribution in [0.3, 0.4) is 0 Å². The van der Waals surface area contributed by atoms with E-state index in [1.807, 2.05) is 0 Å². The molecule has 0 heterocycles. The average molecular weight is 228 g/mol. The Kier molecular flexibility index (Phi) is 3.37. The predicted molar refractivity (Wildman–Crippen MR) is 54.9 cm³/mol. The normalized spacial score (nSPS) is 12.8. The summed E-state index contributed by atoms with van der Waals surface area (Å²) in [7, 11) is 0. The number of carboxylic acid groups (broad SMARTS) is 1. The molecule has 4 nitrogen and oxygen atoms in total. The van der Waals surface area contributed by atoms with Crippen LogP contribution < -0.4 is 0 Å². The van der Waals surface area contributed by atoms with Crippen LogP contribution >= 0.6 is 0 Å². The summed E-state index contributed by atoms with van der Waals surface area (Å²) in [6.07, 6.45) is 0. The van der Waals surface area contributed by atoms with E-state index in [0.717, 1.165) is 6.07 Å². The van der Waals surface area contributed by atoms with E-state index >= 15 is 0 Å². The molecule has 0 spiro atoms. The Morgan fingerprint density at radius 3 is 2.31 bits per heavy atom. The lowest BCUT2D eigenvalue weighted by molar-refractivity contribution is -0.139. The fourth-order valence-corrected chi connectivity index (χ4v) is 1.60. The summed E-state index contributed by atoms with van der Waals surface area (Å²) in [5.41, 5.74) is -0.0298. The summed E-state index contributed by atoms with van der Waals surface area (Å²) in [6.45, 7) is 3.31. The molecule has 0 radical (unpaired) electrons. The summed E-state index contributed by atoms with van der Waals surface area (Å²) in [5, 5.41) is 27.4. The predicted octanol–water partition coefficient (Wildman–Crippen LogP) is 2.06. The smallest absolute Gasteiger partial charge is 0.311 e. The lowest BCUT2D eigenvalue weighted by atomic mass is 9.88. The van der Waals surface area contributed by atoms with Crippen LogP contribution in [-0.2, 0) is 4.79 Å². The highest BCUT2D eigenvalue weighted by Crippen LogP contribution is 2.36. The molecule has 1 aromatic rings. The summed E-state index contributed by atoms with van der Waals surface area (Å²) < 4.78 is 13.2. The maximum atomic E-state index is 13.2. The molecule has 88 valence electrons. The van der Waals surface area contributed by atoms with Crippen molar-refractivity contribution < 1.29 is 24.5 Å². The van der Waals surface area contributed by atoms with Crippen molar-refractivity contribution in [3.8, 4) is 11.5 Å². The van der Waals surface area contributed by atoms with Crippen LogP contribution in [0, 0.1) is 11.7 Å². The van der Waals surface area contributed by atoms with Crippen molar-refractivity contribution in [2.75, 3.05) is 0 Å². The third-order valence-electron chi connectivity index (χ3n) is 2.39. The topological polar surface area (TPSA) is 77.8 Å². The van der Waals surface area contributed by atoms with E-state index in [0.29, 0.717) is 0 Å². The molecule has 0 aliphatic rings. The molecular formula is C11H13FO4. The van der Waals surface area contributed by atoms with E-state index in [-0.39, 0.29) is 11.5 Å². The number of hydrogen-bond acceptors (Lipinski definition) is 3. The Morgan fingerprint density at radius 2 is 1.88 bits per heavy atom. The van der Waals surface area contributed by atoms with Crippen LogP contribution in [0.2, 0.25) is 0 Å². The van der Waals surface area contributed by atoms with Gasteiger partial charge in [-0.3, -0.25) is 4.79 Å². The molecule has 0 aromatic heterocycles. The lowest BCUT2D eigenvalue weighted by Gasteiger charge is -2.18. The van der Waals surface area contributed by atoms with E-state index in [2.05, 4.69) is 0 Å². The van der Waals surface area contributed by atoms with Gasteiger partial charge in [0.05, 0.1) is 5.92 Å². The highest BCUT2D eigenvalue weighted by Gasteiger charge is 2.28. The standard InChI is InChI=1S/C11H13FO4/c1-5(2)8(11(15)16)6-3-4-7(13)9(12)10(6)14/h3-5,8,13-14H,1-2H3,(H,15,16). The Morgan fingerprint density at radius 1 is 1.31 bits per heavy atom. The van der Waals surface area contributed by atoms with Crippen LogP contribution in [0.15, 0.2) is 12.1 Å². The lowest BCUT2D eigenvalue weighted by Crippen LogP contribution is -2.17. The van der Waals surface area contributed by atoms with Crippen molar-refractivity contribution in [3.05, 3.63) is 23.5 Å². The summed E-state index contributed by atoms with van der Waals surface area (Å²) in [5.74, 6) is -5.14. The van der Waals surface area contributed by atoms with E-state index in [1.54, 1.807) is 13.8 Å². The quantitative estimate of drug-likeness (QED) is 0.740. The number of hydrogen-bond donors (Lipinski definition) is 3. The molecule has 1 aromatic carbocycles. The highest BCUT2D eigenvalue weighted by atomic mass is 19.1. The zero-order valence-corrected chi connectivity index (χ0v) is 8.94. The van der Waals surface area contributed by atoms with Gasteiger partial charge < -0.3 is 15.3 Å². The first-order chi connectivity index (χ1) is 7.36. The Bertz CT molecular complexity index is 415. The molecule has 1 unspecified atom stereocenters. The van der Waals surface area contributed by atoms with Gasteiger partial charge >= 0.3 is 5.97 Å². The van der Waals surface area contributed by atoms with Crippen LogP contribution in [0.5, 0.6) is 11.5 Å². The third-order valence-corrected chi connectivity index (χ3v) is 2.39. The molecule has 0 fully saturated rings. The molecule has 0 aliphatic heterocycles. The average Bonchev–Trinajstić information content (AvgIpc) is 2.17. The molecule has 1 atom stereocenters. The maximum absolute atomic E-state index is 13.2. The summed E-state index contributed by atoms with van der Waals surface area (Å²) >= 11 is 0. The molecule has 16 heavy (non-hydrogen) atoms. The van der Waals surface area contributed by atoms with Gasteiger partial charge in [-0.25, -0.2) is 0 Å². The molecule has 0 saturated heterocycles. The second-order valence-corrected chi connectivity index (χ2v) is 3.90. The van der Waals surface area contributed by atoms with Gasteiger partial charge in [-0.1, -0.05) is 19.9 Å². The fraction of sp³-hybridized carbons (Fsp3) is 0.364. The number of rotatable bonds is 3. The Balaban J connectivity index is 3.31. The van der Waals surface area contributed by atoms with Gasteiger partial charge in [0.1, 0.15) is 0 Å². The minimum Gasteiger partial charge on any atom is -0.505 e. The minimum atomic E-state index is -1.19. The number of halogens is 1. The van der Waals surface area contributed by atoms with Gasteiger partial charge in [-0.2, -0.15) is 4.39 Å². The summed E-state index contributed by atoms with van der Waals surface area (Å²) in [6, 6.07) is 2.25. The number of phenolic OH excluding ortho intramolecular Hbond substituents is 2. The largest absolute Gasteiger partial charge is 0.505 e. The maximum Gasteiger partial charge on any atom is 0.311 e. The van der Waals surface area contributed by atoms with Crippen LogP contribution in [0.1, 0.15) is 25.3 Å². The van der Waals surface area contributed by atoms with Crippen molar-refractivity contribution in [1.82, 2.24) is 0 Å². The molecule has 5 heteroatoms. The first-order valence-corrected chi connectivity index (χ1v) is 4.79. The van der Waals surface area contributed by atoms with Gasteiger partial charge in [-0.15, -0.1) is 0 Å². The number of aromatic hydroxyl groups is 2. The van der Waals surface area contributed by atoms with Crippen LogP contribution in [-0.4, -0.2) is 21.3 Å². The fourth-order valence-electron chi connectivity index (χ4n) is 1.60.